The molecule has 2 rings (SSSR count). The third kappa shape index (κ3) is 2.33. The summed E-state index contributed by atoms with van der Waals surface area (Å²) in [5.41, 5.74) is 0.561. The molecule has 0 aliphatic rings. The third-order valence-electron chi connectivity index (χ3n) is 2.24. The number of carbonyl (C=O) groups is 1. The highest BCUT2D eigenvalue weighted by molar-refractivity contribution is 5.86. The Morgan fingerprint density at radius 1 is 1.50 bits per heavy atom. The van der Waals surface area contributed by atoms with Gasteiger partial charge in [0, 0.05) is 6.08 Å². The number of hydrogen-bond donors (Lipinski definition) is 1. The van der Waals surface area contributed by atoms with Crippen LogP contribution in [0.3, 0.4) is 0 Å². The maximum Gasteiger partial charge on any atom is 0.328 e. The number of para-hydroxylation sites is 1. The van der Waals surface area contributed by atoms with Crippen LogP contribution in [0.15, 0.2) is 40.8 Å². The summed E-state index contributed by atoms with van der Waals surface area (Å²) in [5, 5.41) is 18.1. The van der Waals surface area contributed by atoms with E-state index in [0.29, 0.717) is 16.7 Å². The molecule has 0 amide bonds. The summed E-state index contributed by atoms with van der Waals surface area (Å²) < 4.78 is 10.7. The monoisotopic (exact) mass is 243 g/mol. The number of furan rings is 1. The van der Waals surface area contributed by atoms with Crippen LogP contribution in [-0.4, -0.2) is 17.7 Å². The van der Waals surface area contributed by atoms with Crippen molar-refractivity contribution in [2.45, 2.75) is 0 Å². The zero-order valence-corrected chi connectivity index (χ0v) is 9.29. The fourth-order valence-electron chi connectivity index (χ4n) is 1.52. The van der Waals surface area contributed by atoms with Crippen molar-refractivity contribution in [1.82, 2.24) is 0 Å². The van der Waals surface area contributed by atoms with Gasteiger partial charge in [-0.05, 0) is 18.2 Å². The van der Waals surface area contributed by atoms with Crippen molar-refractivity contribution in [2.24, 2.45) is 0 Å². The minimum absolute atomic E-state index is 0.0600. The highest BCUT2D eigenvalue weighted by Crippen LogP contribution is 2.32. The van der Waals surface area contributed by atoms with E-state index in [0.717, 1.165) is 6.08 Å². The number of ether oxygens (including phenoxy) is 1. The molecular formula is C13H9NO4. The average molecular weight is 243 g/mol. The lowest BCUT2D eigenvalue weighted by Crippen LogP contribution is -1.96. The molecule has 5 nitrogen and oxygen atoms in total. The van der Waals surface area contributed by atoms with Crippen molar-refractivity contribution in [3.63, 3.8) is 0 Å². The molecule has 2 aromatic rings. The standard InChI is InChI=1S/C13H9NO4/c14-8-11-13(17-7-3-6-12(15)16)9-4-1-2-5-10(9)18-11/h1-6H,7H2,(H,15,16)/b6-3+. The van der Waals surface area contributed by atoms with Crippen LogP contribution in [0, 0.1) is 11.3 Å². The number of benzene rings is 1. The average Bonchev–Trinajstić information content (AvgIpc) is 2.72. The molecule has 0 aliphatic heterocycles. The summed E-state index contributed by atoms with van der Waals surface area (Å²) in [6.45, 7) is 0.0600. The molecule has 1 N–H and O–H groups in total. The molecule has 1 heterocycles. The van der Waals surface area contributed by atoms with E-state index in [1.807, 2.05) is 6.07 Å². The third-order valence-corrected chi connectivity index (χ3v) is 2.24. The van der Waals surface area contributed by atoms with Gasteiger partial charge in [-0.1, -0.05) is 12.1 Å². The molecule has 0 bridgehead atoms. The van der Waals surface area contributed by atoms with Gasteiger partial charge < -0.3 is 14.3 Å². The van der Waals surface area contributed by atoms with Crippen LogP contribution in [-0.2, 0) is 4.79 Å². The number of nitrogens with zero attached hydrogens (tertiary/aromatic N) is 1. The van der Waals surface area contributed by atoms with E-state index >= 15 is 0 Å². The SMILES string of the molecule is N#Cc1oc2ccccc2c1OC/C=C/C(=O)O. The highest BCUT2D eigenvalue weighted by Gasteiger charge is 2.14. The number of fused-ring (bicyclic) bond motifs is 1. The minimum Gasteiger partial charge on any atom is -0.484 e. The second-order valence-corrected chi connectivity index (χ2v) is 3.42. The summed E-state index contributed by atoms with van der Waals surface area (Å²) in [5.74, 6) is -0.626. The maximum absolute atomic E-state index is 10.3. The molecule has 90 valence electrons. The maximum atomic E-state index is 10.3. The minimum atomic E-state index is -1.05. The molecule has 18 heavy (non-hydrogen) atoms. The van der Waals surface area contributed by atoms with Crippen molar-refractivity contribution in [3.05, 3.63) is 42.2 Å². The van der Waals surface area contributed by atoms with Gasteiger partial charge in [-0.3, -0.25) is 0 Å². The second-order valence-electron chi connectivity index (χ2n) is 3.42. The van der Waals surface area contributed by atoms with Crippen LogP contribution < -0.4 is 4.74 Å². The Kier molecular flexibility index (Phi) is 3.30. The summed E-state index contributed by atoms with van der Waals surface area (Å²) in [6, 6.07) is 9.01. The van der Waals surface area contributed by atoms with E-state index in [1.54, 1.807) is 24.3 Å². The van der Waals surface area contributed by atoms with E-state index in [-0.39, 0.29) is 12.4 Å². The Morgan fingerprint density at radius 3 is 3.00 bits per heavy atom. The molecule has 1 aromatic carbocycles. The molecule has 0 aliphatic carbocycles. The van der Waals surface area contributed by atoms with Gasteiger partial charge in [0.1, 0.15) is 18.3 Å². The van der Waals surface area contributed by atoms with E-state index in [1.165, 1.54) is 6.08 Å². The lowest BCUT2D eigenvalue weighted by atomic mass is 10.2. The zero-order chi connectivity index (χ0) is 13.0. The van der Waals surface area contributed by atoms with Crippen LogP contribution in [0.2, 0.25) is 0 Å². The van der Waals surface area contributed by atoms with Crippen molar-refractivity contribution in [3.8, 4) is 11.8 Å². The molecule has 0 atom stereocenters. The Morgan fingerprint density at radius 2 is 2.28 bits per heavy atom. The first-order chi connectivity index (χ1) is 8.72. The largest absolute Gasteiger partial charge is 0.484 e. The summed E-state index contributed by atoms with van der Waals surface area (Å²) in [4.78, 5) is 10.3. The molecule has 5 heteroatoms. The number of rotatable bonds is 4. The first-order valence-electron chi connectivity index (χ1n) is 5.16. The summed E-state index contributed by atoms with van der Waals surface area (Å²) >= 11 is 0. The quantitative estimate of drug-likeness (QED) is 0.833. The Hall–Kier alpha value is -2.74. The van der Waals surface area contributed by atoms with Gasteiger partial charge in [0.15, 0.2) is 5.75 Å². The smallest absolute Gasteiger partial charge is 0.328 e. The number of carboxylic acid groups (broad SMARTS) is 1. The van der Waals surface area contributed by atoms with Gasteiger partial charge in [0.05, 0.1) is 5.39 Å². The van der Waals surface area contributed by atoms with Crippen LogP contribution >= 0.6 is 0 Å². The Labute approximate surface area is 103 Å². The van der Waals surface area contributed by atoms with Crippen molar-refractivity contribution in [1.29, 1.82) is 5.26 Å². The van der Waals surface area contributed by atoms with E-state index in [9.17, 15) is 4.79 Å². The van der Waals surface area contributed by atoms with Crippen molar-refractivity contribution in [2.75, 3.05) is 6.61 Å². The Balaban J connectivity index is 2.26. The number of hydrogen-bond acceptors (Lipinski definition) is 4. The van der Waals surface area contributed by atoms with Crippen LogP contribution in [0.1, 0.15) is 5.76 Å². The van der Waals surface area contributed by atoms with Gasteiger partial charge in [0.2, 0.25) is 5.76 Å². The number of carboxylic acids is 1. The predicted molar refractivity (Wildman–Crippen MR) is 63.2 cm³/mol. The van der Waals surface area contributed by atoms with E-state index < -0.39 is 5.97 Å². The number of nitriles is 1. The summed E-state index contributed by atoms with van der Waals surface area (Å²) in [6.07, 6.45) is 2.33. The van der Waals surface area contributed by atoms with Gasteiger partial charge >= 0.3 is 5.97 Å². The highest BCUT2D eigenvalue weighted by atomic mass is 16.5. The van der Waals surface area contributed by atoms with Gasteiger partial charge in [-0.25, -0.2) is 4.79 Å². The molecule has 0 unspecified atom stereocenters. The van der Waals surface area contributed by atoms with E-state index in [4.69, 9.17) is 19.5 Å². The normalized spacial score (nSPS) is 10.6. The first-order valence-corrected chi connectivity index (χ1v) is 5.16. The van der Waals surface area contributed by atoms with Crippen molar-refractivity contribution >= 4 is 16.9 Å². The predicted octanol–water partition coefficient (Wildman–Crippen LogP) is 2.32. The van der Waals surface area contributed by atoms with Gasteiger partial charge in [-0.2, -0.15) is 5.26 Å². The lowest BCUT2D eigenvalue weighted by molar-refractivity contribution is -0.131. The van der Waals surface area contributed by atoms with Gasteiger partial charge in [-0.15, -0.1) is 0 Å². The second kappa shape index (κ2) is 5.06. The van der Waals surface area contributed by atoms with Crippen LogP contribution in [0.25, 0.3) is 11.0 Å². The van der Waals surface area contributed by atoms with Gasteiger partial charge in [0.25, 0.3) is 0 Å². The van der Waals surface area contributed by atoms with Crippen LogP contribution in [0.5, 0.6) is 5.75 Å². The molecule has 0 radical (unpaired) electrons. The summed E-state index contributed by atoms with van der Waals surface area (Å²) in [7, 11) is 0. The topological polar surface area (TPSA) is 83.5 Å². The Bertz CT molecular complexity index is 649. The molecular weight excluding hydrogens is 234 g/mol. The zero-order valence-electron chi connectivity index (χ0n) is 9.29. The molecule has 0 fully saturated rings. The van der Waals surface area contributed by atoms with Crippen LogP contribution in [0.4, 0.5) is 0 Å². The fourth-order valence-corrected chi connectivity index (χ4v) is 1.52. The molecule has 0 spiro atoms. The van der Waals surface area contributed by atoms with E-state index in [2.05, 4.69) is 0 Å². The lowest BCUT2D eigenvalue weighted by Gasteiger charge is -1.99. The molecule has 0 saturated carbocycles. The first kappa shape index (κ1) is 11.7. The fraction of sp³-hybridized carbons (Fsp3) is 0.0769. The number of aliphatic carboxylic acids is 1. The molecule has 1 aromatic heterocycles. The van der Waals surface area contributed by atoms with Crippen molar-refractivity contribution < 1.29 is 19.1 Å². The molecule has 0 saturated heterocycles.